The maximum absolute atomic E-state index is 12.7. The molecule has 0 aliphatic rings. The first-order chi connectivity index (χ1) is 12.6. The SMILES string of the molecule is CCc1ccccc1NC(=O)c1cccn(Cc2ccc(Cl)cc2)c1=O. The number of rotatable bonds is 5. The van der Waals surface area contributed by atoms with E-state index >= 15 is 0 Å². The first kappa shape index (κ1) is 18.0. The lowest BCUT2D eigenvalue weighted by Crippen LogP contribution is -2.29. The summed E-state index contributed by atoms with van der Waals surface area (Å²) in [6, 6.07) is 18.1. The number of carbonyl (C=O) groups excluding carboxylic acids is 1. The van der Waals surface area contributed by atoms with Crippen LogP contribution in [-0.4, -0.2) is 10.5 Å². The van der Waals surface area contributed by atoms with E-state index < -0.39 is 5.91 Å². The summed E-state index contributed by atoms with van der Waals surface area (Å²) in [4.78, 5) is 25.3. The molecule has 5 heteroatoms. The lowest BCUT2D eigenvalue weighted by Gasteiger charge is -2.11. The van der Waals surface area contributed by atoms with Crippen molar-refractivity contribution in [2.45, 2.75) is 19.9 Å². The van der Waals surface area contributed by atoms with Gasteiger partial charge in [-0.1, -0.05) is 48.9 Å². The number of hydrogen-bond donors (Lipinski definition) is 1. The van der Waals surface area contributed by atoms with Crippen molar-refractivity contribution in [3.8, 4) is 0 Å². The van der Waals surface area contributed by atoms with Crippen LogP contribution in [0.15, 0.2) is 71.7 Å². The summed E-state index contributed by atoms with van der Waals surface area (Å²) in [6.45, 7) is 2.40. The van der Waals surface area contributed by atoms with E-state index in [0.717, 1.165) is 23.2 Å². The van der Waals surface area contributed by atoms with Crippen LogP contribution >= 0.6 is 11.6 Å². The van der Waals surface area contributed by atoms with Gasteiger partial charge in [0.05, 0.1) is 6.54 Å². The van der Waals surface area contributed by atoms with Gasteiger partial charge in [-0.3, -0.25) is 9.59 Å². The van der Waals surface area contributed by atoms with Crippen molar-refractivity contribution in [2.75, 3.05) is 5.32 Å². The molecule has 0 unspecified atom stereocenters. The number of hydrogen-bond acceptors (Lipinski definition) is 2. The number of aryl methyl sites for hydroxylation is 1. The zero-order valence-corrected chi connectivity index (χ0v) is 15.2. The minimum absolute atomic E-state index is 0.118. The number of aromatic nitrogens is 1. The minimum atomic E-state index is -0.402. The molecule has 1 amide bonds. The highest BCUT2D eigenvalue weighted by molar-refractivity contribution is 6.30. The minimum Gasteiger partial charge on any atom is -0.322 e. The first-order valence-corrected chi connectivity index (χ1v) is 8.79. The molecule has 0 fully saturated rings. The van der Waals surface area contributed by atoms with E-state index in [0.29, 0.717) is 11.6 Å². The Morgan fingerprint density at radius 1 is 1.04 bits per heavy atom. The van der Waals surface area contributed by atoms with Crippen LogP contribution in [0.1, 0.15) is 28.4 Å². The number of para-hydroxylation sites is 1. The Bertz CT molecular complexity index is 978. The summed E-state index contributed by atoms with van der Waals surface area (Å²) in [5.74, 6) is -0.402. The summed E-state index contributed by atoms with van der Waals surface area (Å²) in [5.41, 5.74) is 2.48. The highest BCUT2D eigenvalue weighted by atomic mass is 35.5. The van der Waals surface area contributed by atoms with Gasteiger partial charge in [-0.05, 0) is 47.9 Å². The van der Waals surface area contributed by atoms with Gasteiger partial charge in [-0.25, -0.2) is 0 Å². The first-order valence-electron chi connectivity index (χ1n) is 8.41. The van der Waals surface area contributed by atoms with Gasteiger partial charge >= 0.3 is 0 Å². The van der Waals surface area contributed by atoms with E-state index in [1.165, 1.54) is 4.57 Å². The zero-order chi connectivity index (χ0) is 18.5. The van der Waals surface area contributed by atoms with Gasteiger partial charge in [0.2, 0.25) is 0 Å². The van der Waals surface area contributed by atoms with Crippen molar-refractivity contribution in [3.05, 3.63) is 98.9 Å². The van der Waals surface area contributed by atoms with Crippen LogP contribution in [-0.2, 0) is 13.0 Å². The number of benzene rings is 2. The van der Waals surface area contributed by atoms with Crippen LogP contribution in [0.3, 0.4) is 0 Å². The van der Waals surface area contributed by atoms with Crippen LogP contribution in [0.2, 0.25) is 5.02 Å². The summed E-state index contributed by atoms with van der Waals surface area (Å²) in [7, 11) is 0. The number of pyridine rings is 1. The number of carbonyl (C=O) groups is 1. The van der Waals surface area contributed by atoms with Gasteiger partial charge < -0.3 is 9.88 Å². The van der Waals surface area contributed by atoms with Crippen molar-refractivity contribution in [2.24, 2.45) is 0 Å². The maximum atomic E-state index is 12.7. The number of nitrogens with zero attached hydrogens (tertiary/aromatic N) is 1. The van der Waals surface area contributed by atoms with Crippen LogP contribution in [0.5, 0.6) is 0 Å². The van der Waals surface area contributed by atoms with Crippen LogP contribution in [0.25, 0.3) is 0 Å². The fourth-order valence-corrected chi connectivity index (χ4v) is 2.89. The Labute approximate surface area is 157 Å². The van der Waals surface area contributed by atoms with Crippen molar-refractivity contribution in [1.82, 2.24) is 4.57 Å². The summed E-state index contributed by atoms with van der Waals surface area (Å²) >= 11 is 5.89. The van der Waals surface area contributed by atoms with Crippen LogP contribution in [0.4, 0.5) is 5.69 Å². The van der Waals surface area contributed by atoms with Gasteiger partial charge in [-0.15, -0.1) is 0 Å². The summed E-state index contributed by atoms with van der Waals surface area (Å²) < 4.78 is 1.52. The molecule has 0 spiro atoms. The third kappa shape index (κ3) is 4.03. The molecule has 0 radical (unpaired) electrons. The van der Waals surface area contributed by atoms with E-state index in [4.69, 9.17) is 11.6 Å². The molecular formula is C21H19ClN2O2. The molecule has 26 heavy (non-hydrogen) atoms. The van der Waals surface area contributed by atoms with Gasteiger partial charge in [-0.2, -0.15) is 0 Å². The third-order valence-corrected chi connectivity index (χ3v) is 4.43. The molecule has 0 saturated heterocycles. The van der Waals surface area contributed by atoms with Gasteiger partial charge in [0.15, 0.2) is 0 Å². The van der Waals surface area contributed by atoms with Gasteiger partial charge in [0.1, 0.15) is 5.56 Å². The molecule has 0 aliphatic carbocycles. The predicted octanol–water partition coefficient (Wildman–Crippen LogP) is 4.36. The molecule has 4 nitrogen and oxygen atoms in total. The van der Waals surface area contributed by atoms with Crippen molar-refractivity contribution < 1.29 is 4.79 Å². The molecule has 0 saturated carbocycles. The Morgan fingerprint density at radius 3 is 2.50 bits per heavy atom. The Morgan fingerprint density at radius 2 is 1.77 bits per heavy atom. The zero-order valence-electron chi connectivity index (χ0n) is 14.4. The predicted molar refractivity (Wildman–Crippen MR) is 105 cm³/mol. The van der Waals surface area contributed by atoms with Crippen molar-refractivity contribution in [3.63, 3.8) is 0 Å². The fraction of sp³-hybridized carbons (Fsp3) is 0.143. The lowest BCUT2D eigenvalue weighted by atomic mass is 10.1. The molecule has 3 aromatic rings. The van der Waals surface area contributed by atoms with E-state index in [1.807, 2.05) is 43.3 Å². The molecule has 0 aliphatic heterocycles. The monoisotopic (exact) mass is 366 g/mol. The van der Waals surface area contributed by atoms with Crippen molar-refractivity contribution in [1.29, 1.82) is 0 Å². The quantitative estimate of drug-likeness (QED) is 0.729. The second-order valence-corrected chi connectivity index (χ2v) is 6.38. The van der Waals surface area contributed by atoms with E-state index in [2.05, 4.69) is 5.32 Å². The van der Waals surface area contributed by atoms with E-state index in [-0.39, 0.29) is 11.1 Å². The largest absolute Gasteiger partial charge is 0.322 e. The average molecular weight is 367 g/mol. The second-order valence-electron chi connectivity index (χ2n) is 5.95. The normalized spacial score (nSPS) is 10.5. The highest BCUT2D eigenvalue weighted by Gasteiger charge is 2.13. The molecule has 3 rings (SSSR count). The lowest BCUT2D eigenvalue weighted by molar-refractivity contribution is 0.102. The number of anilines is 1. The fourth-order valence-electron chi connectivity index (χ4n) is 2.76. The topological polar surface area (TPSA) is 51.1 Å². The Kier molecular flexibility index (Phi) is 5.54. The second kappa shape index (κ2) is 8.02. The molecule has 0 atom stereocenters. The van der Waals surface area contributed by atoms with Gasteiger partial charge in [0.25, 0.3) is 11.5 Å². The Hall–Kier alpha value is -2.85. The summed E-state index contributed by atoms with van der Waals surface area (Å²) in [5, 5.41) is 3.49. The third-order valence-electron chi connectivity index (χ3n) is 4.18. The standard InChI is InChI=1S/C21H19ClN2O2/c1-2-16-6-3-4-8-19(16)23-20(25)18-7-5-13-24(21(18)26)14-15-9-11-17(22)12-10-15/h3-13H,2,14H2,1H3,(H,23,25). The molecule has 1 aromatic heterocycles. The van der Waals surface area contributed by atoms with E-state index in [9.17, 15) is 9.59 Å². The van der Waals surface area contributed by atoms with Crippen molar-refractivity contribution >= 4 is 23.2 Å². The van der Waals surface area contributed by atoms with Crippen LogP contribution < -0.4 is 10.9 Å². The van der Waals surface area contributed by atoms with Crippen LogP contribution in [0, 0.1) is 0 Å². The average Bonchev–Trinajstić information content (AvgIpc) is 2.65. The van der Waals surface area contributed by atoms with Gasteiger partial charge in [0, 0.05) is 16.9 Å². The molecule has 1 N–H and O–H groups in total. The number of halogens is 1. The molecule has 1 heterocycles. The number of nitrogens with one attached hydrogen (secondary N) is 1. The summed E-state index contributed by atoms with van der Waals surface area (Å²) in [6.07, 6.45) is 2.47. The molecule has 2 aromatic carbocycles. The highest BCUT2D eigenvalue weighted by Crippen LogP contribution is 2.16. The Balaban J connectivity index is 1.85. The molecular weight excluding hydrogens is 348 g/mol. The van der Waals surface area contributed by atoms with E-state index in [1.54, 1.807) is 30.5 Å². The molecule has 0 bridgehead atoms. The number of amides is 1. The maximum Gasteiger partial charge on any atom is 0.263 e. The molecule has 132 valence electrons. The smallest absolute Gasteiger partial charge is 0.263 e.